The summed E-state index contributed by atoms with van der Waals surface area (Å²) >= 11 is 0. The van der Waals surface area contributed by atoms with E-state index in [2.05, 4.69) is 25.7 Å². The maximum atomic E-state index is 13.4. The number of aryl methyl sites for hydroxylation is 1. The highest BCUT2D eigenvalue weighted by molar-refractivity contribution is 5.69. The van der Waals surface area contributed by atoms with Crippen molar-refractivity contribution < 1.29 is 13.2 Å². The van der Waals surface area contributed by atoms with Crippen molar-refractivity contribution >= 4 is 17.2 Å². The maximum Gasteiger partial charge on any atom is 0.419 e. The molecule has 2 aromatic rings. The van der Waals surface area contributed by atoms with Crippen LogP contribution in [0.15, 0.2) is 24.7 Å². The highest BCUT2D eigenvalue weighted by Gasteiger charge is 2.38. The Balaban J connectivity index is 1.72. The van der Waals surface area contributed by atoms with Gasteiger partial charge < -0.3 is 10.6 Å². The molecular formula is C16H17F3N6. The van der Waals surface area contributed by atoms with Gasteiger partial charge in [0.25, 0.3) is 0 Å². The van der Waals surface area contributed by atoms with Crippen LogP contribution < -0.4 is 10.6 Å². The number of rotatable bonds is 3. The predicted molar refractivity (Wildman–Crippen MR) is 86.1 cm³/mol. The van der Waals surface area contributed by atoms with Gasteiger partial charge >= 0.3 is 6.18 Å². The lowest BCUT2D eigenvalue weighted by Crippen LogP contribution is -2.32. The predicted octanol–water partition coefficient (Wildman–Crippen LogP) is 2.88. The van der Waals surface area contributed by atoms with Crippen molar-refractivity contribution in [1.29, 1.82) is 0 Å². The Morgan fingerprint density at radius 2 is 2.12 bits per heavy atom. The van der Waals surface area contributed by atoms with E-state index in [-0.39, 0.29) is 23.7 Å². The van der Waals surface area contributed by atoms with Crippen molar-refractivity contribution in [1.82, 2.24) is 25.1 Å². The number of nitrogens with zero attached hydrogens (tertiary/aromatic N) is 4. The molecule has 4 rings (SSSR count). The molecule has 0 aliphatic carbocycles. The lowest BCUT2D eigenvalue weighted by Gasteiger charge is -2.23. The third-order valence-electron chi connectivity index (χ3n) is 4.50. The van der Waals surface area contributed by atoms with Gasteiger partial charge in [0.1, 0.15) is 0 Å². The van der Waals surface area contributed by atoms with Crippen LogP contribution in [0.5, 0.6) is 0 Å². The minimum Gasteiger partial charge on any atom is -0.321 e. The van der Waals surface area contributed by atoms with Crippen molar-refractivity contribution in [3.8, 4) is 0 Å². The Morgan fingerprint density at radius 1 is 1.28 bits per heavy atom. The highest BCUT2D eigenvalue weighted by atomic mass is 19.4. The van der Waals surface area contributed by atoms with Gasteiger partial charge in [-0.3, -0.25) is 4.68 Å². The number of aromatic nitrogens is 4. The molecule has 132 valence electrons. The molecule has 2 N–H and O–H groups in total. The fraction of sp³-hybridized carbons (Fsp3) is 0.438. The van der Waals surface area contributed by atoms with Gasteiger partial charge in [-0.1, -0.05) is 6.08 Å². The molecule has 0 radical (unpaired) electrons. The molecule has 4 heterocycles. The zero-order valence-corrected chi connectivity index (χ0v) is 13.5. The second-order valence-corrected chi connectivity index (χ2v) is 6.42. The van der Waals surface area contributed by atoms with E-state index in [4.69, 9.17) is 0 Å². The van der Waals surface area contributed by atoms with E-state index in [0.29, 0.717) is 17.7 Å². The molecule has 2 unspecified atom stereocenters. The molecule has 0 saturated carbocycles. The van der Waals surface area contributed by atoms with E-state index in [9.17, 15) is 13.2 Å². The van der Waals surface area contributed by atoms with Gasteiger partial charge in [-0.2, -0.15) is 18.3 Å². The fourth-order valence-electron chi connectivity index (χ4n) is 3.40. The van der Waals surface area contributed by atoms with Crippen molar-refractivity contribution in [2.45, 2.75) is 37.5 Å². The van der Waals surface area contributed by atoms with Crippen LogP contribution in [0.25, 0.3) is 5.57 Å². The summed E-state index contributed by atoms with van der Waals surface area (Å²) in [5.41, 5.74) is 0.423. The molecule has 1 saturated heterocycles. The van der Waals surface area contributed by atoms with Crippen molar-refractivity contribution in [2.75, 3.05) is 5.32 Å². The lowest BCUT2D eigenvalue weighted by atomic mass is 9.97. The number of nitrogens with one attached hydrogen (secondary N) is 2. The molecule has 2 aliphatic rings. The Bertz CT molecular complexity index is 826. The number of halogens is 3. The molecule has 1 fully saturated rings. The average molecular weight is 350 g/mol. The number of hydrogen-bond acceptors (Lipinski definition) is 5. The van der Waals surface area contributed by atoms with Crippen molar-refractivity contribution in [3.63, 3.8) is 0 Å². The molecule has 2 aromatic heterocycles. The summed E-state index contributed by atoms with van der Waals surface area (Å²) in [7, 11) is 1.75. The summed E-state index contributed by atoms with van der Waals surface area (Å²) in [6.45, 7) is 0. The Morgan fingerprint density at radius 3 is 2.80 bits per heavy atom. The first-order chi connectivity index (χ1) is 11.9. The third kappa shape index (κ3) is 3.23. The molecule has 0 amide bonds. The SMILES string of the molecule is Cn1cc(Nc2ncc(C(F)(F)F)c(C3=CC4CCC(C3)N4)n2)cn1. The molecule has 6 nitrogen and oxygen atoms in total. The summed E-state index contributed by atoms with van der Waals surface area (Å²) in [6.07, 6.45) is 3.95. The molecule has 25 heavy (non-hydrogen) atoms. The van der Waals surface area contributed by atoms with E-state index in [1.165, 1.54) is 0 Å². The molecule has 9 heteroatoms. The molecule has 2 atom stereocenters. The summed E-state index contributed by atoms with van der Waals surface area (Å²) in [5.74, 6) is 0.128. The van der Waals surface area contributed by atoms with Crippen LogP contribution >= 0.6 is 0 Å². The van der Waals surface area contributed by atoms with Crippen LogP contribution in [0.2, 0.25) is 0 Å². The first kappa shape index (κ1) is 16.1. The average Bonchev–Trinajstić information content (AvgIpc) is 3.11. The van der Waals surface area contributed by atoms with E-state index < -0.39 is 11.7 Å². The normalized spacial score (nSPS) is 22.8. The number of alkyl halides is 3. The summed E-state index contributed by atoms with van der Waals surface area (Å²) in [6, 6.07) is 0.343. The van der Waals surface area contributed by atoms with Crippen molar-refractivity contribution in [2.24, 2.45) is 7.05 Å². The van der Waals surface area contributed by atoms with Crippen LogP contribution in [0.3, 0.4) is 0 Å². The molecular weight excluding hydrogens is 333 g/mol. The molecule has 2 aliphatic heterocycles. The largest absolute Gasteiger partial charge is 0.419 e. The Hall–Kier alpha value is -2.42. The van der Waals surface area contributed by atoms with Crippen LogP contribution in [0, 0.1) is 0 Å². The number of hydrogen-bond donors (Lipinski definition) is 2. The summed E-state index contributed by atoms with van der Waals surface area (Å²) in [5, 5.41) is 10.3. The van der Waals surface area contributed by atoms with Crippen LogP contribution in [-0.4, -0.2) is 31.8 Å². The monoisotopic (exact) mass is 350 g/mol. The van der Waals surface area contributed by atoms with Gasteiger partial charge in [0, 0.05) is 31.5 Å². The fourth-order valence-corrected chi connectivity index (χ4v) is 3.40. The standard InChI is InChI=1S/C16H17F3N6/c1-25-8-12(6-21-25)23-15-20-7-13(16(17,18)19)14(24-15)9-4-10-2-3-11(5-9)22-10/h4,6-8,10-11,22H,2-3,5H2,1H3,(H,20,23,24). The first-order valence-electron chi connectivity index (χ1n) is 8.05. The minimum absolute atomic E-state index is 0.0349. The zero-order chi connectivity index (χ0) is 17.6. The van der Waals surface area contributed by atoms with Crippen molar-refractivity contribution in [3.05, 3.63) is 35.9 Å². The smallest absolute Gasteiger partial charge is 0.321 e. The molecule has 0 aromatic carbocycles. The van der Waals surface area contributed by atoms with Crippen LogP contribution in [0.4, 0.5) is 24.8 Å². The number of anilines is 2. The number of fused-ring (bicyclic) bond motifs is 2. The van der Waals surface area contributed by atoms with E-state index in [1.54, 1.807) is 24.1 Å². The van der Waals surface area contributed by atoms with Gasteiger partial charge in [-0.15, -0.1) is 0 Å². The zero-order valence-electron chi connectivity index (χ0n) is 13.5. The van der Waals surface area contributed by atoms with E-state index in [0.717, 1.165) is 19.0 Å². The second kappa shape index (κ2) is 5.83. The quantitative estimate of drug-likeness (QED) is 0.891. The topological polar surface area (TPSA) is 67.7 Å². The van der Waals surface area contributed by atoms with Crippen LogP contribution in [0.1, 0.15) is 30.5 Å². The molecule has 0 spiro atoms. The van der Waals surface area contributed by atoms with E-state index >= 15 is 0 Å². The van der Waals surface area contributed by atoms with Crippen LogP contribution in [-0.2, 0) is 13.2 Å². The highest BCUT2D eigenvalue weighted by Crippen LogP contribution is 2.38. The second-order valence-electron chi connectivity index (χ2n) is 6.42. The Kier molecular flexibility index (Phi) is 3.75. The van der Waals surface area contributed by atoms with Gasteiger partial charge in [-0.25, -0.2) is 9.97 Å². The van der Waals surface area contributed by atoms with Gasteiger partial charge in [0.15, 0.2) is 0 Å². The van der Waals surface area contributed by atoms with Gasteiger partial charge in [-0.05, 0) is 24.8 Å². The van der Waals surface area contributed by atoms with E-state index in [1.807, 2.05) is 6.08 Å². The Labute approximate surface area is 142 Å². The first-order valence-corrected chi connectivity index (χ1v) is 8.05. The third-order valence-corrected chi connectivity index (χ3v) is 4.50. The maximum absolute atomic E-state index is 13.4. The van der Waals surface area contributed by atoms with Gasteiger partial charge in [0.05, 0.1) is 23.1 Å². The van der Waals surface area contributed by atoms with Gasteiger partial charge in [0.2, 0.25) is 5.95 Å². The minimum atomic E-state index is -4.49. The summed E-state index contributed by atoms with van der Waals surface area (Å²) < 4.78 is 41.8. The lowest BCUT2D eigenvalue weighted by molar-refractivity contribution is -0.138. The summed E-state index contributed by atoms with van der Waals surface area (Å²) in [4.78, 5) is 8.03. The molecule has 2 bridgehead atoms.